The van der Waals surface area contributed by atoms with Gasteiger partial charge in [-0.05, 0) is 18.2 Å². The third-order valence-corrected chi connectivity index (χ3v) is 3.00. The Labute approximate surface area is 139 Å². The minimum atomic E-state index is -4.45. The van der Waals surface area contributed by atoms with E-state index in [4.69, 9.17) is 9.26 Å². The molecular weight excluding hydrogens is 341 g/mol. The van der Waals surface area contributed by atoms with Gasteiger partial charge in [0.15, 0.2) is 6.61 Å². The van der Waals surface area contributed by atoms with Crippen molar-refractivity contribution in [2.24, 2.45) is 0 Å². The van der Waals surface area contributed by atoms with Gasteiger partial charge in [0.25, 0.3) is 5.89 Å². The highest BCUT2D eigenvalue weighted by Gasteiger charge is 2.28. The standard InChI is InChI=1S/C15H11F3N4O3/c1-23-14-10(3-2-5-20-14)12-21-13(25-22-12)9-4-6-19-11(7-9)24-8-15(16,17)18/h2-7H,8H2,1H3. The van der Waals surface area contributed by atoms with Crippen LogP contribution in [0.4, 0.5) is 13.2 Å². The normalized spacial score (nSPS) is 11.4. The molecule has 0 unspecified atom stereocenters. The molecule has 130 valence electrons. The van der Waals surface area contributed by atoms with Crippen molar-refractivity contribution in [1.29, 1.82) is 0 Å². The zero-order valence-corrected chi connectivity index (χ0v) is 12.8. The van der Waals surface area contributed by atoms with Gasteiger partial charge in [-0.15, -0.1) is 0 Å². The Morgan fingerprint density at radius 3 is 2.76 bits per heavy atom. The molecule has 0 bridgehead atoms. The second-order valence-electron chi connectivity index (χ2n) is 4.77. The van der Waals surface area contributed by atoms with E-state index in [1.54, 1.807) is 18.3 Å². The predicted octanol–water partition coefficient (Wildman–Crippen LogP) is 3.14. The Morgan fingerprint density at radius 2 is 2.00 bits per heavy atom. The zero-order valence-electron chi connectivity index (χ0n) is 12.8. The van der Waals surface area contributed by atoms with Gasteiger partial charge >= 0.3 is 6.18 Å². The highest BCUT2D eigenvalue weighted by Crippen LogP contribution is 2.28. The van der Waals surface area contributed by atoms with Crippen LogP contribution in [-0.4, -0.2) is 40.0 Å². The van der Waals surface area contributed by atoms with Gasteiger partial charge in [0.05, 0.1) is 12.7 Å². The van der Waals surface area contributed by atoms with Crippen LogP contribution in [0.25, 0.3) is 22.8 Å². The van der Waals surface area contributed by atoms with Gasteiger partial charge in [-0.2, -0.15) is 18.2 Å². The number of aromatic nitrogens is 4. The summed E-state index contributed by atoms with van der Waals surface area (Å²) < 4.78 is 51.5. The third kappa shape index (κ3) is 4.03. The minimum Gasteiger partial charge on any atom is -0.480 e. The summed E-state index contributed by atoms with van der Waals surface area (Å²) in [5.41, 5.74) is 0.886. The van der Waals surface area contributed by atoms with Gasteiger partial charge in [0.2, 0.25) is 17.6 Å². The second-order valence-corrected chi connectivity index (χ2v) is 4.77. The topological polar surface area (TPSA) is 83.2 Å². The lowest BCUT2D eigenvalue weighted by Crippen LogP contribution is -2.19. The summed E-state index contributed by atoms with van der Waals surface area (Å²) in [6.07, 6.45) is -1.61. The smallest absolute Gasteiger partial charge is 0.422 e. The first-order valence-corrected chi connectivity index (χ1v) is 6.95. The highest BCUT2D eigenvalue weighted by molar-refractivity contribution is 5.63. The maximum absolute atomic E-state index is 12.2. The molecule has 3 aromatic rings. The van der Waals surface area contributed by atoms with Gasteiger partial charge in [-0.3, -0.25) is 0 Å². The Balaban J connectivity index is 1.85. The third-order valence-electron chi connectivity index (χ3n) is 3.00. The molecule has 7 nitrogen and oxygen atoms in total. The van der Waals surface area contributed by atoms with Gasteiger partial charge in [0, 0.05) is 24.0 Å². The Morgan fingerprint density at radius 1 is 1.16 bits per heavy atom. The molecule has 0 aliphatic carbocycles. The van der Waals surface area contributed by atoms with Gasteiger partial charge < -0.3 is 14.0 Å². The largest absolute Gasteiger partial charge is 0.480 e. The lowest BCUT2D eigenvalue weighted by atomic mass is 10.2. The number of pyridine rings is 2. The summed E-state index contributed by atoms with van der Waals surface area (Å²) in [5, 5.41) is 3.84. The fourth-order valence-electron chi connectivity index (χ4n) is 1.95. The molecule has 0 N–H and O–H groups in total. The summed E-state index contributed by atoms with van der Waals surface area (Å²) in [7, 11) is 1.46. The molecule has 3 aromatic heterocycles. The molecule has 0 saturated carbocycles. The molecule has 0 aliphatic rings. The molecule has 0 radical (unpaired) electrons. The fraction of sp³-hybridized carbons (Fsp3) is 0.200. The molecule has 0 aliphatic heterocycles. The Kier molecular flexibility index (Phi) is 4.50. The van der Waals surface area contributed by atoms with Crippen molar-refractivity contribution in [2.75, 3.05) is 13.7 Å². The van der Waals surface area contributed by atoms with E-state index in [1.165, 1.54) is 25.4 Å². The first-order valence-electron chi connectivity index (χ1n) is 6.95. The molecule has 0 spiro atoms. The van der Waals surface area contributed by atoms with Gasteiger partial charge in [-0.25, -0.2) is 9.97 Å². The molecule has 0 amide bonds. The maximum Gasteiger partial charge on any atom is 0.422 e. The average molecular weight is 352 g/mol. The SMILES string of the molecule is COc1ncccc1-c1noc(-c2ccnc(OCC(F)(F)F)c2)n1. The molecule has 0 fully saturated rings. The fourth-order valence-corrected chi connectivity index (χ4v) is 1.95. The summed E-state index contributed by atoms with van der Waals surface area (Å²) in [5.74, 6) is 0.446. The molecule has 0 aromatic carbocycles. The second kappa shape index (κ2) is 6.75. The molecule has 10 heteroatoms. The van der Waals surface area contributed by atoms with E-state index in [0.717, 1.165) is 0 Å². The molecular formula is C15H11F3N4O3. The summed E-state index contributed by atoms with van der Waals surface area (Å²) in [4.78, 5) is 12.0. The first-order chi connectivity index (χ1) is 12.0. The van der Waals surface area contributed by atoms with Crippen LogP contribution in [0.5, 0.6) is 11.8 Å². The molecule has 25 heavy (non-hydrogen) atoms. The number of nitrogens with zero attached hydrogens (tertiary/aromatic N) is 4. The van der Waals surface area contributed by atoms with Crippen molar-refractivity contribution < 1.29 is 27.2 Å². The number of hydrogen-bond acceptors (Lipinski definition) is 7. The van der Waals surface area contributed by atoms with Crippen molar-refractivity contribution in [2.45, 2.75) is 6.18 Å². The van der Waals surface area contributed by atoms with Gasteiger partial charge in [-0.1, -0.05) is 5.16 Å². The Bertz CT molecular complexity index is 867. The Hall–Kier alpha value is -3.17. The number of rotatable bonds is 5. The number of alkyl halides is 3. The quantitative estimate of drug-likeness (QED) is 0.697. The van der Waals surface area contributed by atoms with Crippen LogP contribution < -0.4 is 9.47 Å². The lowest BCUT2D eigenvalue weighted by molar-refractivity contribution is -0.154. The summed E-state index contributed by atoms with van der Waals surface area (Å²) >= 11 is 0. The predicted molar refractivity (Wildman–Crippen MR) is 78.9 cm³/mol. The summed E-state index contributed by atoms with van der Waals surface area (Å²) in [6.45, 7) is -1.44. The van der Waals surface area contributed by atoms with Crippen LogP contribution in [0, 0.1) is 0 Å². The molecule has 0 atom stereocenters. The number of methoxy groups -OCH3 is 1. The van der Waals surface area contributed by atoms with E-state index in [9.17, 15) is 13.2 Å². The monoisotopic (exact) mass is 352 g/mol. The van der Waals surface area contributed by atoms with Crippen molar-refractivity contribution in [3.05, 3.63) is 36.7 Å². The number of hydrogen-bond donors (Lipinski definition) is 0. The van der Waals surface area contributed by atoms with E-state index < -0.39 is 12.8 Å². The van der Waals surface area contributed by atoms with E-state index in [2.05, 4.69) is 24.8 Å². The van der Waals surface area contributed by atoms with E-state index in [0.29, 0.717) is 17.0 Å². The number of halogens is 3. The van der Waals surface area contributed by atoms with Crippen molar-refractivity contribution in [3.8, 4) is 34.6 Å². The molecule has 3 heterocycles. The van der Waals surface area contributed by atoms with Crippen molar-refractivity contribution in [3.63, 3.8) is 0 Å². The zero-order chi connectivity index (χ0) is 17.9. The number of ether oxygens (including phenoxy) is 2. The van der Waals surface area contributed by atoms with E-state index >= 15 is 0 Å². The first kappa shape index (κ1) is 16.7. The molecule has 3 rings (SSSR count). The molecule has 0 saturated heterocycles. The van der Waals surface area contributed by atoms with E-state index in [1.807, 2.05) is 0 Å². The van der Waals surface area contributed by atoms with Gasteiger partial charge in [0.1, 0.15) is 0 Å². The van der Waals surface area contributed by atoms with Crippen LogP contribution >= 0.6 is 0 Å². The minimum absolute atomic E-state index is 0.0974. The maximum atomic E-state index is 12.2. The summed E-state index contributed by atoms with van der Waals surface area (Å²) in [6, 6.07) is 6.18. The van der Waals surface area contributed by atoms with Crippen LogP contribution in [0.3, 0.4) is 0 Å². The highest BCUT2D eigenvalue weighted by atomic mass is 19.4. The van der Waals surface area contributed by atoms with E-state index in [-0.39, 0.29) is 17.6 Å². The van der Waals surface area contributed by atoms with Crippen LogP contribution in [0.2, 0.25) is 0 Å². The van der Waals surface area contributed by atoms with Crippen molar-refractivity contribution in [1.82, 2.24) is 20.1 Å². The van der Waals surface area contributed by atoms with Crippen LogP contribution in [0.1, 0.15) is 0 Å². The lowest BCUT2D eigenvalue weighted by Gasteiger charge is -2.08. The van der Waals surface area contributed by atoms with Crippen LogP contribution in [0.15, 0.2) is 41.2 Å². The van der Waals surface area contributed by atoms with Crippen molar-refractivity contribution >= 4 is 0 Å². The average Bonchev–Trinajstić information content (AvgIpc) is 3.09. The van der Waals surface area contributed by atoms with Crippen LogP contribution in [-0.2, 0) is 0 Å².